The lowest BCUT2D eigenvalue weighted by atomic mass is 9.84. The molecule has 0 saturated carbocycles. The number of aromatic nitrogens is 1. The molecular weight excluding hydrogens is 781 g/mol. The van der Waals surface area contributed by atoms with E-state index in [0.29, 0.717) is 53.0 Å². The highest BCUT2D eigenvalue weighted by Gasteiger charge is 2.30. The van der Waals surface area contributed by atoms with E-state index in [2.05, 4.69) is 57.6 Å². The third kappa shape index (κ3) is 12.4. The topological polar surface area (TPSA) is 133 Å². The molecule has 12 heteroatoms. The van der Waals surface area contributed by atoms with Crippen molar-refractivity contribution < 1.29 is 28.6 Å². The fourth-order valence-corrected chi connectivity index (χ4v) is 7.66. The smallest absolute Gasteiger partial charge is 0.273 e. The number of hydrogen-bond donors (Lipinski definition) is 4. The van der Waals surface area contributed by atoms with Gasteiger partial charge in [-0.25, -0.2) is 14.8 Å². The normalized spacial score (nSPS) is 15.7. The number of carbonyl (C=O) groups is 3. The average Bonchev–Trinajstić information content (AvgIpc) is 3.63. The summed E-state index contributed by atoms with van der Waals surface area (Å²) in [6.45, 7) is 19.5. The van der Waals surface area contributed by atoms with Crippen molar-refractivity contribution in [3.8, 4) is 28.3 Å². The van der Waals surface area contributed by atoms with Gasteiger partial charge in [0.2, 0.25) is 11.8 Å². The molecule has 0 saturated heterocycles. The summed E-state index contributed by atoms with van der Waals surface area (Å²) >= 11 is 6.87. The van der Waals surface area contributed by atoms with Crippen LogP contribution in [0.15, 0.2) is 48.0 Å². The third-order valence-electron chi connectivity index (χ3n) is 12.1. The molecular formula is C48H69ClFN5O5. The van der Waals surface area contributed by atoms with Crippen molar-refractivity contribution in [1.29, 1.82) is 0 Å². The Morgan fingerprint density at radius 1 is 1.10 bits per heavy atom. The fourth-order valence-electron chi connectivity index (χ4n) is 7.31. The number of rotatable bonds is 15. The Hall–Kier alpha value is -4.32. The van der Waals surface area contributed by atoms with Crippen LogP contribution in [0.2, 0.25) is 5.02 Å². The number of aliphatic hydroxyl groups excluding tert-OH is 1. The van der Waals surface area contributed by atoms with Crippen molar-refractivity contribution in [1.82, 2.24) is 20.7 Å². The van der Waals surface area contributed by atoms with E-state index in [1.54, 1.807) is 45.3 Å². The molecule has 3 amide bonds. The van der Waals surface area contributed by atoms with Gasteiger partial charge in [0, 0.05) is 54.0 Å². The molecule has 3 unspecified atom stereocenters. The van der Waals surface area contributed by atoms with Crippen LogP contribution in [-0.4, -0.2) is 65.7 Å². The van der Waals surface area contributed by atoms with Crippen molar-refractivity contribution in [3.63, 3.8) is 0 Å². The van der Waals surface area contributed by atoms with Crippen LogP contribution in [0, 0.1) is 24.6 Å². The number of pyridine rings is 1. The van der Waals surface area contributed by atoms with E-state index in [4.69, 9.17) is 26.4 Å². The maximum absolute atomic E-state index is 15.3. The second-order valence-electron chi connectivity index (χ2n) is 16.2. The van der Waals surface area contributed by atoms with Crippen molar-refractivity contribution in [2.24, 2.45) is 11.8 Å². The Morgan fingerprint density at radius 2 is 1.78 bits per heavy atom. The number of aliphatic hydroxyl groups is 1. The van der Waals surface area contributed by atoms with Crippen LogP contribution >= 0.6 is 11.6 Å². The molecule has 330 valence electrons. The fraction of sp³-hybridized carbons (Fsp3) is 0.542. The van der Waals surface area contributed by atoms with Crippen LogP contribution < -0.4 is 20.8 Å². The number of amides is 3. The van der Waals surface area contributed by atoms with Gasteiger partial charge in [-0.1, -0.05) is 91.6 Å². The number of carbonyl (C=O) groups excluding carboxylic acids is 3. The number of hydrazine groups is 1. The minimum absolute atomic E-state index is 0.0178. The number of methoxy groups -OCH3 is 1. The molecule has 2 aromatic carbocycles. The molecule has 0 radical (unpaired) electrons. The minimum Gasteiger partial charge on any atom is -0.481 e. The van der Waals surface area contributed by atoms with Gasteiger partial charge in [0.1, 0.15) is 11.4 Å². The van der Waals surface area contributed by atoms with Crippen molar-refractivity contribution >= 4 is 35.0 Å². The molecule has 1 aliphatic heterocycles. The number of ether oxygens (including phenoxy) is 1. The van der Waals surface area contributed by atoms with Crippen molar-refractivity contribution in [2.75, 3.05) is 32.6 Å². The number of halogens is 2. The lowest BCUT2D eigenvalue weighted by Gasteiger charge is -2.35. The molecule has 4 N–H and O–H groups in total. The van der Waals surface area contributed by atoms with Gasteiger partial charge in [-0.15, -0.1) is 0 Å². The number of aryl methyl sites for hydroxylation is 1. The number of anilines is 1. The van der Waals surface area contributed by atoms with E-state index < -0.39 is 17.6 Å². The Bertz CT molecular complexity index is 1960. The van der Waals surface area contributed by atoms with Crippen LogP contribution in [0.4, 0.5) is 10.1 Å². The zero-order chi connectivity index (χ0) is 44.7. The Balaban J connectivity index is 0.000000367. The van der Waals surface area contributed by atoms with Gasteiger partial charge in [0.15, 0.2) is 0 Å². The Kier molecular flexibility index (Phi) is 19.7. The summed E-state index contributed by atoms with van der Waals surface area (Å²) in [5.41, 5.74) is 8.17. The van der Waals surface area contributed by atoms with Crippen LogP contribution in [0.25, 0.3) is 22.4 Å². The van der Waals surface area contributed by atoms with Crippen LogP contribution in [-0.2, 0) is 20.8 Å². The molecule has 0 bridgehead atoms. The van der Waals surface area contributed by atoms with E-state index in [1.807, 2.05) is 19.9 Å². The molecule has 0 fully saturated rings. The Morgan fingerprint density at radius 3 is 2.38 bits per heavy atom. The summed E-state index contributed by atoms with van der Waals surface area (Å²) in [4.78, 5) is 42.1. The molecule has 1 aliphatic carbocycles. The zero-order valence-electron chi connectivity index (χ0n) is 37.8. The highest BCUT2D eigenvalue weighted by atomic mass is 35.5. The van der Waals surface area contributed by atoms with Gasteiger partial charge >= 0.3 is 0 Å². The van der Waals surface area contributed by atoms with Gasteiger partial charge in [0.25, 0.3) is 11.8 Å². The first-order valence-corrected chi connectivity index (χ1v) is 22.1. The summed E-state index contributed by atoms with van der Waals surface area (Å²) < 4.78 is 20.9. The highest BCUT2D eigenvalue weighted by molar-refractivity contribution is 6.36. The predicted octanol–water partition coefficient (Wildman–Crippen LogP) is 10.3. The molecule has 5 rings (SSSR count). The molecule has 1 aromatic heterocycles. The second-order valence-corrected chi connectivity index (χ2v) is 16.5. The molecule has 0 spiro atoms. The Labute approximate surface area is 363 Å². The maximum atomic E-state index is 15.3. The SMILES string of the molecule is CCC(C)CCC(CC)(CC)NC(=O)C(C)CC.CCCO.COc1nc(-c2ccc(F)c(-c3cccc(NC(=O)C4=CCNN(C)C4=O)c3C)c2Cl)cc2c1C(C)CC2. The van der Waals surface area contributed by atoms with Crippen molar-refractivity contribution in [2.45, 2.75) is 132 Å². The molecule has 3 atom stereocenters. The molecule has 60 heavy (non-hydrogen) atoms. The van der Waals surface area contributed by atoms with E-state index in [0.717, 1.165) is 62.0 Å². The number of fused-ring (bicyclic) bond motifs is 1. The second kappa shape index (κ2) is 23.6. The lowest BCUT2D eigenvalue weighted by Crippen LogP contribution is -2.49. The van der Waals surface area contributed by atoms with Crippen LogP contribution in [0.1, 0.15) is 129 Å². The van der Waals surface area contributed by atoms with Gasteiger partial charge in [0.05, 0.1) is 17.8 Å². The number of nitrogens with zero attached hydrogens (tertiary/aromatic N) is 2. The molecule has 3 aromatic rings. The number of benzene rings is 2. The predicted molar refractivity (Wildman–Crippen MR) is 243 cm³/mol. The quantitative estimate of drug-likeness (QED) is 0.112. The average molecular weight is 851 g/mol. The highest BCUT2D eigenvalue weighted by Crippen LogP contribution is 2.44. The molecule has 2 heterocycles. The first kappa shape index (κ1) is 50.0. The third-order valence-corrected chi connectivity index (χ3v) is 12.5. The number of nitrogens with one attached hydrogen (secondary N) is 3. The van der Waals surface area contributed by atoms with Gasteiger partial charge in [-0.3, -0.25) is 19.4 Å². The summed E-state index contributed by atoms with van der Waals surface area (Å²) in [6, 6.07) is 10.2. The first-order chi connectivity index (χ1) is 28.6. The molecule has 2 aliphatic rings. The van der Waals surface area contributed by atoms with E-state index in [9.17, 15) is 14.4 Å². The van der Waals surface area contributed by atoms with Crippen LogP contribution in [0.3, 0.4) is 0 Å². The largest absolute Gasteiger partial charge is 0.481 e. The van der Waals surface area contributed by atoms with Crippen molar-refractivity contribution in [3.05, 3.63) is 75.6 Å². The van der Waals surface area contributed by atoms with Gasteiger partial charge in [-0.2, -0.15) is 0 Å². The maximum Gasteiger partial charge on any atom is 0.273 e. The van der Waals surface area contributed by atoms with E-state index in [1.165, 1.54) is 30.0 Å². The summed E-state index contributed by atoms with van der Waals surface area (Å²) in [5.74, 6) is 0.573. The van der Waals surface area contributed by atoms with E-state index >= 15 is 4.39 Å². The standard InChI is InChI=1S/C29H28ClFN4O3.C16H33NO.C3H8O/c1-15-8-9-17-14-23(34-28(38-4)24(15)17)19-10-11-21(31)25(26(19)30)18-6-5-7-22(16(18)2)33-27(36)20-12-13-32-35(3)29(20)37;1-7-13(5)11-12-16(9-3,10-4)17-15(18)14(6)8-2;1-2-3-4/h5-7,10-12,14-15,32H,8-9,13H2,1-4H3,(H,33,36);13-14H,7-12H2,1-6H3,(H,17,18);4H,2-3H2,1H3. The van der Waals surface area contributed by atoms with E-state index in [-0.39, 0.29) is 33.5 Å². The number of likely N-dealkylation sites (N-methyl/N-ethyl adjacent to an activating group) is 1. The molecule has 10 nitrogen and oxygen atoms in total. The zero-order valence-corrected chi connectivity index (χ0v) is 38.5. The summed E-state index contributed by atoms with van der Waals surface area (Å²) in [7, 11) is 3.15. The van der Waals surface area contributed by atoms with Crippen LogP contribution in [0.5, 0.6) is 5.88 Å². The van der Waals surface area contributed by atoms with Gasteiger partial charge < -0.3 is 20.5 Å². The lowest BCUT2D eigenvalue weighted by molar-refractivity contribution is -0.131. The number of hydrogen-bond acceptors (Lipinski definition) is 7. The minimum atomic E-state index is -0.535. The first-order valence-electron chi connectivity index (χ1n) is 21.7. The van der Waals surface area contributed by atoms with Gasteiger partial charge in [-0.05, 0) is 111 Å². The summed E-state index contributed by atoms with van der Waals surface area (Å²) in [5, 5.41) is 15.5. The monoisotopic (exact) mass is 849 g/mol. The summed E-state index contributed by atoms with van der Waals surface area (Å²) in [6.07, 6.45) is 10.9.